The van der Waals surface area contributed by atoms with Crippen molar-refractivity contribution in [2.75, 3.05) is 37.6 Å². The number of thioether (sulfide) groups is 2. The minimum atomic E-state index is -0.251. The van der Waals surface area contributed by atoms with Crippen molar-refractivity contribution in [1.29, 1.82) is 0 Å². The van der Waals surface area contributed by atoms with Gasteiger partial charge in [0.25, 0.3) is 5.91 Å². The first-order valence-corrected chi connectivity index (χ1v) is 12.6. The van der Waals surface area contributed by atoms with Crippen LogP contribution >= 0.6 is 34.9 Å². The number of methoxy groups -OCH3 is 2. The van der Waals surface area contributed by atoms with Gasteiger partial charge in [-0.3, -0.25) is 10.1 Å². The van der Waals surface area contributed by atoms with E-state index in [2.05, 4.69) is 22.4 Å². The number of carbonyl (C=O) groups is 1. The fourth-order valence-electron chi connectivity index (χ4n) is 3.04. The number of aromatic nitrogens is 1. The quantitative estimate of drug-likeness (QED) is 0.474. The van der Waals surface area contributed by atoms with Crippen molar-refractivity contribution in [2.45, 2.75) is 4.58 Å². The van der Waals surface area contributed by atoms with Gasteiger partial charge in [-0.2, -0.15) is 0 Å². The van der Waals surface area contributed by atoms with Crippen LogP contribution in [0.25, 0.3) is 11.3 Å². The van der Waals surface area contributed by atoms with Crippen LogP contribution in [0.4, 0.5) is 5.13 Å². The fraction of sp³-hybridized carbons (Fsp3) is 0.273. The molecule has 162 valence electrons. The third-order valence-electron chi connectivity index (χ3n) is 4.57. The largest absolute Gasteiger partial charge is 0.493 e. The second-order valence-corrected chi connectivity index (χ2v) is 10.2. The van der Waals surface area contributed by atoms with E-state index in [0.29, 0.717) is 27.0 Å². The van der Waals surface area contributed by atoms with E-state index in [1.807, 2.05) is 59.2 Å². The molecule has 6 nitrogen and oxygen atoms in total. The van der Waals surface area contributed by atoms with Crippen molar-refractivity contribution < 1.29 is 19.0 Å². The Balaban J connectivity index is 1.32. The van der Waals surface area contributed by atoms with Crippen molar-refractivity contribution in [1.82, 2.24) is 4.98 Å². The summed E-state index contributed by atoms with van der Waals surface area (Å²) in [6, 6.07) is 13.6. The summed E-state index contributed by atoms with van der Waals surface area (Å²) in [5.74, 6) is 4.09. The van der Waals surface area contributed by atoms with Gasteiger partial charge < -0.3 is 14.2 Å². The molecule has 1 aliphatic heterocycles. The molecule has 1 amide bonds. The number of nitrogens with one attached hydrogen (secondary N) is 1. The molecule has 3 aromatic rings. The molecular formula is C22H22N2O4S3. The average Bonchev–Trinajstić information content (AvgIpc) is 3.50. The minimum Gasteiger partial charge on any atom is -0.493 e. The maximum atomic E-state index is 12.3. The van der Waals surface area contributed by atoms with Crippen LogP contribution in [0.3, 0.4) is 0 Å². The number of amides is 1. The number of hydrogen-bond donors (Lipinski definition) is 1. The van der Waals surface area contributed by atoms with Crippen LogP contribution in [-0.4, -0.2) is 43.2 Å². The Bertz CT molecular complexity index is 1030. The Morgan fingerprint density at radius 1 is 1.06 bits per heavy atom. The zero-order valence-electron chi connectivity index (χ0n) is 17.1. The summed E-state index contributed by atoms with van der Waals surface area (Å²) in [4.78, 5) is 16.8. The number of carbonyl (C=O) groups excluding carboxylic acids is 1. The number of nitrogens with zero attached hydrogens (tertiary/aromatic N) is 1. The molecule has 31 heavy (non-hydrogen) atoms. The van der Waals surface area contributed by atoms with Gasteiger partial charge in [-0.15, -0.1) is 34.9 Å². The van der Waals surface area contributed by atoms with Crippen molar-refractivity contribution in [2.24, 2.45) is 0 Å². The Hall–Kier alpha value is -2.36. The molecule has 0 radical (unpaired) electrons. The van der Waals surface area contributed by atoms with Crippen LogP contribution in [0, 0.1) is 0 Å². The second kappa shape index (κ2) is 10.3. The highest BCUT2D eigenvalue weighted by atomic mass is 32.2. The zero-order chi connectivity index (χ0) is 21.6. The third-order valence-corrected chi connectivity index (χ3v) is 8.44. The normalized spacial score (nSPS) is 13.7. The molecule has 2 heterocycles. The fourth-order valence-corrected chi connectivity index (χ4v) is 6.63. The number of anilines is 1. The highest BCUT2D eigenvalue weighted by Gasteiger charge is 2.18. The molecule has 0 unspecified atom stereocenters. The van der Waals surface area contributed by atoms with Gasteiger partial charge in [-0.1, -0.05) is 12.1 Å². The van der Waals surface area contributed by atoms with Crippen LogP contribution in [0.5, 0.6) is 17.2 Å². The number of thiazole rings is 1. The first kappa shape index (κ1) is 21.9. The van der Waals surface area contributed by atoms with E-state index in [4.69, 9.17) is 14.2 Å². The van der Waals surface area contributed by atoms with Gasteiger partial charge in [0.1, 0.15) is 5.75 Å². The molecule has 9 heteroatoms. The summed E-state index contributed by atoms with van der Waals surface area (Å²) in [5.41, 5.74) is 2.92. The summed E-state index contributed by atoms with van der Waals surface area (Å²) in [7, 11) is 3.19. The third kappa shape index (κ3) is 5.47. The van der Waals surface area contributed by atoms with Crippen molar-refractivity contribution in [3.8, 4) is 28.5 Å². The molecule has 0 atom stereocenters. The highest BCUT2D eigenvalue weighted by molar-refractivity contribution is 8.19. The molecule has 1 aliphatic rings. The monoisotopic (exact) mass is 474 g/mol. The molecular weight excluding hydrogens is 452 g/mol. The summed E-state index contributed by atoms with van der Waals surface area (Å²) >= 11 is 5.29. The van der Waals surface area contributed by atoms with Gasteiger partial charge in [0.15, 0.2) is 23.2 Å². The smallest absolute Gasteiger partial charge is 0.264 e. The molecule has 1 saturated heterocycles. The number of benzene rings is 2. The Morgan fingerprint density at radius 2 is 1.81 bits per heavy atom. The lowest BCUT2D eigenvalue weighted by Gasteiger charge is -2.10. The first-order chi connectivity index (χ1) is 15.2. The topological polar surface area (TPSA) is 69.7 Å². The van der Waals surface area contributed by atoms with Crippen molar-refractivity contribution in [3.63, 3.8) is 0 Å². The summed E-state index contributed by atoms with van der Waals surface area (Å²) in [6.45, 7) is -0.0719. The second-order valence-electron chi connectivity index (χ2n) is 6.59. The van der Waals surface area contributed by atoms with Gasteiger partial charge in [0.05, 0.1) is 24.5 Å². The number of rotatable bonds is 8. The average molecular weight is 475 g/mol. The maximum Gasteiger partial charge on any atom is 0.264 e. The Morgan fingerprint density at radius 3 is 2.52 bits per heavy atom. The predicted octanol–water partition coefficient (Wildman–Crippen LogP) is 5.32. The Labute approximate surface area is 193 Å². The van der Waals surface area contributed by atoms with Crippen LogP contribution in [0.15, 0.2) is 47.8 Å². The predicted molar refractivity (Wildman–Crippen MR) is 129 cm³/mol. The van der Waals surface area contributed by atoms with E-state index in [-0.39, 0.29) is 12.5 Å². The van der Waals surface area contributed by atoms with Crippen molar-refractivity contribution >= 4 is 45.9 Å². The van der Waals surface area contributed by atoms with Gasteiger partial charge in [-0.05, 0) is 35.9 Å². The molecule has 1 aromatic heterocycles. The van der Waals surface area contributed by atoms with E-state index < -0.39 is 0 Å². The standard InChI is InChI=1S/C22H22N2O4S3/c1-26-18-8-5-15(11-19(18)27-2)17-13-31-22(23-17)24-20(25)12-28-16-6-3-14(4-7-16)21-29-9-10-30-21/h3-8,11,13,21H,9-10,12H2,1-2H3,(H,23,24,25). The van der Waals surface area contributed by atoms with E-state index in [1.54, 1.807) is 14.2 Å². The summed E-state index contributed by atoms with van der Waals surface area (Å²) in [6.07, 6.45) is 0. The SMILES string of the molecule is COc1ccc(-c2csc(NC(=O)COc3ccc(C4SCCS4)cc3)n2)cc1OC. The molecule has 2 aromatic carbocycles. The molecule has 1 N–H and O–H groups in total. The first-order valence-electron chi connectivity index (χ1n) is 9.60. The van der Waals surface area contributed by atoms with Gasteiger partial charge in [0, 0.05) is 22.4 Å². The van der Waals surface area contributed by atoms with Crippen molar-refractivity contribution in [3.05, 3.63) is 53.4 Å². The van der Waals surface area contributed by atoms with Crippen LogP contribution in [-0.2, 0) is 4.79 Å². The van der Waals surface area contributed by atoms with Crippen LogP contribution in [0.1, 0.15) is 10.1 Å². The molecule has 4 rings (SSSR count). The molecule has 1 fully saturated rings. The van der Waals surface area contributed by atoms with Gasteiger partial charge in [-0.25, -0.2) is 4.98 Å². The Kier molecular flexibility index (Phi) is 7.26. The minimum absolute atomic E-state index is 0.0719. The van der Waals surface area contributed by atoms with Crippen LogP contribution in [0.2, 0.25) is 0 Å². The van der Waals surface area contributed by atoms with Crippen LogP contribution < -0.4 is 19.5 Å². The van der Waals surface area contributed by atoms with E-state index >= 15 is 0 Å². The summed E-state index contributed by atoms with van der Waals surface area (Å²) in [5, 5.41) is 5.19. The van der Waals surface area contributed by atoms with Gasteiger partial charge >= 0.3 is 0 Å². The highest BCUT2D eigenvalue weighted by Crippen LogP contribution is 2.45. The lowest BCUT2D eigenvalue weighted by molar-refractivity contribution is -0.118. The van der Waals surface area contributed by atoms with E-state index in [1.165, 1.54) is 28.4 Å². The molecule has 0 saturated carbocycles. The molecule has 0 spiro atoms. The number of ether oxygens (including phenoxy) is 3. The molecule has 0 bridgehead atoms. The molecule has 0 aliphatic carbocycles. The maximum absolute atomic E-state index is 12.3. The van der Waals surface area contributed by atoms with E-state index in [0.717, 1.165) is 11.3 Å². The number of hydrogen-bond acceptors (Lipinski definition) is 8. The van der Waals surface area contributed by atoms with Gasteiger partial charge in [0.2, 0.25) is 0 Å². The zero-order valence-corrected chi connectivity index (χ0v) is 19.6. The lowest BCUT2D eigenvalue weighted by Crippen LogP contribution is -2.20. The lowest BCUT2D eigenvalue weighted by atomic mass is 10.1. The van der Waals surface area contributed by atoms with E-state index in [9.17, 15) is 4.79 Å². The summed E-state index contributed by atoms with van der Waals surface area (Å²) < 4.78 is 16.7.